The summed E-state index contributed by atoms with van der Waals surface area (Å²) in [6.45, 7) is 7.12. The van der Waals surface area contributed by atoms with Gasteiger partial charge in [0.25, 0.3) is 0 Å². The van der Waals surface area contributed by atoms with E-state index in [2.05, 4.69) is 33.1 Å². The molecule has 0 saturated heterocycles. The second-order valence-corrected chi connectivity index (χ2v) is 10.5. The summed E-state index contributed by atoms with van der Waals surface area (Å²) in [6.07, 6.45) is 12.1. The Bertz CT molecular complexity index is 475. The van der Waals surface area contributed by atoms with Gasteiger partial charge in [0.2, 0.25) is 0 Å². The Kier molecular flexibility index (Phi) is 4.32. The van der Waals surface area contributed by atoms with E-state index < -0.39 is 0 Å². The zero-order valence-electron chi connectivity index (χ0n) is 16.4. The molecule has 0 amide bonds. The number of aliphatic hydroxyl groups is 1. The maximum absolute atomic E-state index is 10.5. The predicted molar refractivity (Wildman–Crippen MR) is 99.7 cm³/mol. The third-order valence-corrected chi connectivity index (χ3v) is 9.37. The van der Waals surface area contributed by atoms with Crippen LogP contribution in [-0.2, 0) is 0 Å². The van der Waals surface area contributed by atoms with E-state index in [1.165, 1.54) is 44.9 Å². The monoisotopic (exact) mass is 333 g/mol. The quantitative estimate of drug-likeness (QED) is 0.773. The van der Waals surface area contributed by atoms with Crippen LogP contribution in [0.3, 0.4) is 0 Å². The lowest BCUT2D eigenvalue weighted by molar-refractivity contribution is -0.101. The van der Waals surface area contributed by atoms with E-state index in [9.17, 15) is 5.11 Å². The van der Waals surface area contributed by atoms with Gasteiger partial charge >= 0.3 is 0 Å². The number of fused-ring (bicyclic) bond motifs is 5. The van der Waals surface area contributed by atoms with Crippen LogP contribution in [-0.4, -0.2) is 23.8 Å². The van der Waals surface area contributed by atoms with Crippen molar-refractivity contribution in [2.24, 2.45) is 40.9 Å². The molecule has 0 aliphatic heterocycles. The highest BCUT2D eigenvalue weighted by Crippen LogP contribution is 2.65. The first-order valence-electron chi connectivity index (χ1n) is 10.8. The summed E-state index contributed by atoms with van der Waals surface area (Å²) in [6, 6.07) is 0.665. The van der Waals surface area contributed by atoms with Gasteiger partial charge in [-0.3, -0.25) is 0 Å². The average molecular weight is 334 g/mol. The van der Waals surface area contributed by atoms with Gasteiger partial charge in [-0.05, 0) is 120 Å². The van der Waals surface area contributed by atoms with Crippen LogP contribution in [0.5, 0.6) is 0 Å². The smallest absolute Gasteiger partial charge is 0.0622 e. The summed E-state index contributed by atoms with van der Waals surface area (Å²) in [7, 11) is 2.14. The summed E-state index contributed by atoms with van der Waals surface area (Å²) >= 11 is 0. The summed E-state index contributed by atoms with van der Waals surface area (Å²) in [4.78, 5) is 0. The molecule has 4 aliphatic rings. The number of hydrogen-bond donors (Lipinski definition) is 2. The number of rotatable bonds is 2. The van der Waals surface area contributed by atoms with Crippen LogP contribution in [0.1, 0.15) is 78.6 Å². The molecule has 9 atom stereocenters. The van der Waals surface area contributed by atoms with Crippen molar-refractivity contribution in [1.29, 1.82) is 0 Å². The minimum Gasteiger partial charge on any atom is -0.390 e. The molecule has 0 aromatic rings. The Morgan fingerprint density at radius 1 is 0.917 bits per heavy atom. The highest BCUT2D eigenvalue weighted by Gasteiger charge is 2.58. The average Bonchev–Trinajstić information content (AvgIpc) is 2.90. The first-order valence-corrected chi connectivity index (χ1v) is 10.8. The van der Waals surface area contributed by atoms with E-state index in [0.717, 1.165) is 48.3 Å². The van der Waals surface area contributed by atoms with Crippen molar-refractivity contribution in [3.05, 3.63) is 0 Å². The SMILES string of the molecule is CNC(C)[C@H]1CC[C@H]2[C@@H]3CC[C@@H]4C[C@](C)(O)CC[C@@H]4[C@H]3CC[C@]12C. The summed E-state index contributed by atoms with van der Waals surface area (Å²) in [5, 5.41) is 14.1. The molecule has 0 radical (unpaired) electrons. The Labute approximate surface area is 149 Å². The highest BCUT2D eigenvalue weighted by molar-refractivity contribution is 5.08. The zero-order valence-corrected chi connectivity index (χ0v) is 16.4. The molecule has 2 heteroatoms. The second-order valence-electron chi connectivity index (χ2n) is 10.5. The molecule has 24 heavy (non-hydrogen) atoms. The lowest BCUT2D eigenvalue weighted by atomic mass is 9.49. The number of nitrogens with one attached hydrogen (secondary N) is 1. The van der Waals surface area contributed by atoms with Gasteiger partial charge in [0.15, 0.2) is 0 Å². The first kappa shape index (κ1) is 17.3. The van der Waals surface area contributed by atoms with Gasteiger partial charge in [-0.25, -0.2) is 0 Å². The van der Waals surface area contributed by atoms with Gasteiger partial charge in [0.05, 0.1) is 5.60 Å². The van der Waals surface area contributed by atoms with Crippen molar-refractivity contribution >= 4 is 0 Å². The van der Waals surface area contributed by atoms with Crippen LogP contribution in [0, 0.1) is 40.9 Å². The Morgan fingerprint density at radius 3 is 2.42 bits per heavy atom. The maximum Gasteiger partial charge on any atom is 0.0622 e. The molecule has 4 fully saturated rings. The van der Waals surface area contributed by atoms with Crippen LogP contribution in [0.2, 0.25) is 0 Å². The molecule has 4 rings (SSSR count). The molecule has 2 nitrogen and oxygen atoms in total. The Morgan fingerprint density at radius 2 is 1.67 bits per heavy atom. The van der Waals surface area contributed by atoms with E-state index in [1.807, 2.05) is 0 Å². The minimum absolute atomic E-state index is 0.377. The predicted octanol–water partition coefficient (Wildman–Crippen LogP) is 4.61. The summed E-state index contributed by atoms with van der Waals surface area (Å²) in [5.41, 5.74) is 0.203. The standard InChI is InChI=1S/C22H39NO/c1-14(23-4)19-7-8-20-18-6-5-15-13-21(2,24)11-9-16(15)17(18)10-12-22(19,20)3/h14-20,23-24H,5-13H2,1-4H3/t14?,15-,16+,17-,18-,19-,20+,21-,22-/m1/s1. The topological polar surface area (TPSA) is 32.3 Å². The Hall–Kier alpha value is -0.0800. The molecule has 0 bridgehead atoms. The summed E-state index contributed by atoms with van der Waals surface area (Å²) < 4.78 is 0. The molecule has 0 aromatic carbocycles. The zero-order chi connectivity index (χ0) is 17.1. The van der Waals surface area contributed by atoms with Crippen molar-refractivity contribution in [2.75, 3.05) is 7.05 Å². The van der Waals surface area contributed by atoms with Crippen LogP contribution >= 0.6 is 0 Å². The lowest BCUT2D eigenvalue weighted by Crippen LogP contribution is -2.51. The van der Waals surface area contributed by atoms with Crippen LogP contribution in [0.15, 0.2) is 0 Å². The van der Waals surface area contributed by atoms with Gasteiger partial charge in [0, 0.05) is 6.04 Å². The summed E-state index contributed by atoms with van der Waals surface area (Å²) in [5.74, 6) is 5.55. The fourth-order valence-electron chi connectivity index (χ4n) is 8.14. The molecule has 2 N–H and O–H groups in total. The van der Waals surface area contributed by atoms with E-state index in [0.29, 0.717) is 11.5 Å². The fourth-order valence-corrected chi connectivity index (χ4v) is 8.14. The molecule has 0 heterocycles. The van der Waals surface area contributed by atoms with Crippen LogP contribution in [0.25, 0.3) is 0 Å². The molecule has 0 spiro atoms. The normalized spacial score (nSPS) is 55.4. The lowest BCUT2D eigenvalue weighted by Gasteiger charge is -2.57. The van der Waals surface area contributed by atoms with Crippen LogP contribution < -0.4 is 5.32 Å². The van der Waals surface area contributed by atoms with Crippen molar-refractivity contribution in [2.45, 2.75) is 90.2 Å². The molecule has 4 aliphatic carbocycles. The molecule has 138 valence electrons. The Balaban J connectivity index is 1.53. The minimum atomic E-state index is -0.377. The van der Waals surface area contributed by atoms with E-state index in [-0.39, 0.29) is 5.60 Å². The third kappa shape index (κ3) is 2.58. The first-order chi connectivity index (χ1) is 11.4. The second kappa shape index (κ2) is 5.98. The molecule has 0 aromatic heterocycles. The molecular formula is C22H39NO. The molecule has 4 saturated carbocycles. The van der Waals surface area contributed by atoms with E-state index >= 15 is 0 Å². The third-order valence-electron chi connectivity index (χ3n) is 9.37. The molecular weight excluding hydrogens is 294 g/mol. The van der Waals surface area contributed by atoms with E-state index in [4.69, 9.17) is 0 Å². The largest absolute Gasteiger partial charge is 0.390 e. The van der Waals surface area contributed by atoms with Gasteiger partial charge in [-0.15, -0.1) is 0 Å². The molecule has 1 unspecified atom stereocenters. The van der Waals surface area contributed by atoms with Crippen molar-refractivity contribution in [1.82, 2.24) is 5.32 Å². The number of hydrogen-bond acceptors (Lipinski definition) is 2. The van der Waals surface area contributed by atoms with Crippen molar-refractivity contribution in [3.63, 3.8) is 0 Å². The van der Waals surface area contributed by atoms with E-state index in [1.54, 1.807) is 0 Å². The van der Waals surface area contributed by atoms with Crippen molar-refractivity contribution < 1.29 is 5.11 Å². The van der Waals surface area contributed by atoms with Crippen molar-refractivity contribution in [3.8, 4) is 0 Å². The fraction of sp³-hybridized carbons (Fsp3) is 1.00. The maximum atomic E-state index is 10.5. The van der Waals surface area contributed by atoms with Gasteiger partial charge < -0.3 is 10.4 Å². The van der Waals surface area contributed by atoms with Gasteiger partial charge in [-0.2, -0.15) is 0 Å². The van der Waals surface area contributed by atoms with Gasteiger partial charge in [-0.1, -0.05) is 6.92 Å². The van der Waals surface area contributed by atoms with Crippen LogP contribution in [0.4, 0.5) is 0 Å². The highest BCUT2D eigenvalue weighted by atomic mass is 16.3. The van der Waals surface area contributed by atoms with Gasteiger partial charge in [0.1, 0.15) is 0 Å².